The molecule has 3 nitrogen and oxygen atoms in total. The lowest BCUT2D eigenvalue weighted by Gasteiger charge is -2.10. The lowest BCUT2D eigenvalue weighted by molar-refractivity contribution is 0.545. The van der Waals surface area contributed by atoms with Gasteiger partial charge in [-0.05, 0) is 6.42 Å². The monoisotopic (exact) mass is 177 g/mol. The van der Waals surface area contributed by atoms with E-state index in [4.69, 9.17) is 6.42 Å². The predicted octanol–water partition coefficient (Wildman–Crippen LogP) is 0.884. The Bertz CT molecular complexity index is 258. The van der Waals surface area contributed by atoms with E-state index in [0.29, 0.717) is 0 Å². The van der Waals surface area contributed by atoms with Crippen LogP contribution in [0.1, 0.15) is 13.3 Å². The van der Waals surface area contributed by atoms with E-state index >= 15 is 0 Å². The van der Waals surface area contributed by atoms with Crippen LogP contribution in [0.15, 0.2) is 18.7 Å². The molecule has 1 heterocycles. The smallest absolute Gasteiger partial charge is 0.0946 e. The van der Waals surface area contributed by atoms with Crippen molar-refractivity contribution < 1.29 is 0 Å². The summed E-state index contributed by atoms with van der Waals surface area (Å²) in [5.41, 5.74) is 0. The molecule has 0 saturated carbocycles. The average molecular weight is 177 g/mol. The fourth-order valence-corrected chi connectivity index (χ4v) is 1.11. The first-order chi connectivity index (χ1) is 6.36. The minimum atomic E-state index is 0.198. The zero-order valence-electron chi connectivity index (χ0n) is 7.90. The van der Waals surface area contributed by atoms with Crippen LogP contribution in [0.4, 0.5) is 0 Å². The maximum atomic E-state index is 5.31. The number of hydrogen-bond acceptors (Lipinski definition) is 2. The van der Waals surface area contributed by atoms with Gasteiger partial charge in [0.05, 0.1) is 12.4 Å². The standard InChI is InChI=1S/C10H15N3/c1-3-10(4-2)12-6-8-13-7-5-11-9-13/h1,5,7,9-10,12H,4,6,8H2,2H3. The minimum Gasteiger partial charge on any atom is -0.336 e. The van der Waals surface area contributed by atoms with Crippen LogP contribution in [0.2, 0.25) is 0 Å². The van der Waals surface area contributed by atoms with E-state index < -0.39 is 0 Å². The molecule has 0 aliphatic carbocycles. The van der Waals surface area contributed by atoms with Crippen LogP contribution in [-0.2, 0) is 6.54 Å². The number of imidazole rings is 1. The van der Waals surface area contributed by atoms with Crippen molar-refractivity contribution >= 4 is 0 Å². The topological polar surface area (TPSA) is 29.9 Å². The highest BCUT2D eigenvalue weighted by atomic mass is 15.0. The molecule has 1 N–H and O–H groups in total. The van der Waals surface area contributed by atoms with E-state index in [1.54, 1.807) is 12.5 Å². The predicted molar refractivity (Wildman–Crippen MR) is 53.1 cm³/mol. The Hall–Kier alpha value is -1.27. The van der Waals surface area contributed by atoms with Crippen molar-refractivity contribution in [3.8, 4) is 12.3 Å². The van der Waals surface area contributed by atoms with Crippen molar-refractivity contribution in [3.05, 3.63) is 18.7 Å². The first kappa shape index (κ1) is 9.82. The van der Waals surface area contributed by atoms with Crippen molar-refractivity contribution in [2.24, 2.45) is 0 Å². The summed E-state index contributed by atoms with van der Waals surface area (Å²) in [4.78, 5) is 3.96. The third-order valence-corrected chi connectivity index (χ3v) is 1.93. The van der Waals surface area contributed by atoms with Gasteiger partial charge < -0.3 is 9.88 Å². The van der Waals surface area contributed by atoms with Crippen LogP contribution in [0.3, 0.4) is 0 Å². The number of nitrogens with zero attached hydrogens (tertiary/aromatic N) is 2. The molecule has 1 unspecified atom stereocenters. The van der Waals surface area contributed by atoms with Crippen LogP contribution >= 0.6 is 0 Å². The van der Waals surface area contributed by atoms with Gasteiger partial charge in [0, 0.05) is 25.5 Å². The summed E-state index contributed by atoms with van der Waals surface area (Å²) in [6.07, 6.45) is 11.8. The Morgan fingerprint density at radius 1 is 1.69 bits per heavy atom. The molecule has 0 amide bonds. The Morgan fingerprint density at radius 2 is 2.54 bits per heavy atom. The SMILES string of the molecule is C#CC(CC)NCCn1ccnc1. The van der Waals surface area contributed by atoms with Crippen LogP contribution in [0, 0.1) is 12.3 Å². The molecule has 0 spiro atoms. The van der Waals surface area contributed by atoms with Crippen LogP contribution in [-0.4, -0.2) is 22.1 Å². The summed E-state index contributed by atoms with van der Waals surface area (Å²) in [6, 6.07) is 0.198. The second-order valence-electron chi connectivity index (χ2n) is 2.88. The minimum absolute atomic E-state index is 0.198. The third kappa shape index (κ3) is 3.30. The first-order valence-electron chi connectivity index (χ1n) is 4.52. The maximum Gasteiger partial charge on any atom is 0.0946 e. The second-order valence-corrected chi connectivity index (χ2v) is 2.88. The van der Waals surface area contributed by atoms with Crippen LogP contribution in [0.25, 0.3) is 0 Å². The van der Waals surface area contributed by atoms with Crippen molar-refractivity contribution in [2.75, 3.05) is 6.54 Å². The molecule has 0 aliphatic heterocycles. The molecule has 0 aliphatic rings. The van der Waals surface area contributed by atoms with E-state index in [-0.39, 0.29) is 6.04 Å². The molecule has 0 aromatic carbocycles. The highest BCUT2D eigenvalue weighted by Gasteiger charge is 1.98. The quantitative estimate of drug-likeness (QED) is 0.677. The number of nitrogens with one attached hydrogen (secondary N) is 1. The van der Waals surface area contributed by atoms with Crippen LogP contribution < -0.4 is 5.32 Å². The highest BCUT2D eigenvalue weighted by Crippen LogP contribution is 1.88. The van der Waals surface area contributed by atoms with Gasteiger partial charge >= 0.3 is 0 Å². The molecule has 1 aromatic heterocycles. The Balaban J connectivity index is 2.18. The van der Waals surface area contributed by atoms with E-state index in [9.17, 15) is 0 Å². The molecular weight excluding hydrogens is 162 g/mol. The van der Waals surface area contributed by atoms with Crippen molar-refractivity contribution in [2.45, 2.75) is 25.9 Å². The molecule has 13 heavy (non-hydrogen) atoms. The van der Waals surface area contributed by atoms with Gasteiger partial charge in [0.1, 0.15) is 0 Å². The van der Waals surface area contributed by atoms with E-state index in [1.165, 1.54) is 0 Å². The van der Waals surface area contributed by atoms with Gasteiger partial charge in [-0.2, -0.15) is 0 Å². The van der Waals surface area contributed by atoms with E-state index in [2.05, 4.69) is 23.1 Å². The van der Waals surface area contributed by atoms with Crippen molar-refractivity contribution in [3.63, 3.8) is 0 Å². The fraction of sp³-hybridized carbons (Fsp3) is 0.500. The van der Waals surface area contributed by atoms with Gasteiger partial charge in [-0.1, -0.05) is 12.8 Å². The average Bonchev–Trinajstić information content (AvgIpc) is 2.65. The Morgan fingerprint density at radius 3 is 3.08 bits per heavy atom. The molecule has 0 radical (unpaired) electrons. The summed E-state index contributed by atoms with van der Waals surface area (Å²) in [6.45, 7) is 3.88. The van der Waals surface area contributed by atoms with Crippen molar-refractivity contribution in [1.29, 1.82) is 0 Å². The maximum absolute atomic E-state index is 5.31. The molecule has 1 rings (SSSR count). The number of hydrogen-bond donors (Lipinski definition) is 1. The summed E-state index contributed by atoms with van der Waals surface area (Å²) < 4.78 is 2.02. The summed E-state index contributed by atoms with van der Waals surface area (Å²) >= 11 is 0. The number of terminal acetylenes is 1. The van der Waals surface area contributed by atoms with Gasteiger partial charge in [-0.25, -0.2) is 4.98 Å². The summed E-state index contributed by atoms with van der Waals surface area (Å²) in [7, 11) is 0. The zero-order chi connectivity index (χ0) is 9.52. The molecule has 0 saturated heterocycles. The molecule has 0 bridgehead atoms. The summed E-state index contributed by atoms with van der Waals surface area (Å²) in [5, 5.41) is 3.27. The van der Waals surface area contributed by atoms with Gasteiger partial charge in [0.25, 0.3) is 0 Å². The lowest BCUT2D eigenvalue weighted by atomic mass is 10.2. The number of aromatic nitrogens is 2. The van der Waals surface area contributed by atoms with E-state index in [0.717, 1.165) is 19.5 Å². The highest BCUT2D eigenvalue weighted by molar-refractivity contribution is 4.97. The second kappa shape index (κ2) is 5.39. The molecule has 3 heteroatoms. The molecule has 0 fully saturated rings. The van der Waals surface area contributed by atoms with E-state index in [1.807, 2.05) is 10.8 Å². The lowest BCUT2D eigenvalue weighted by Crippen LogP contribution is -2.29. The van der Waals surface area contributed by atoms with Gasteiger partial charge in [-0.15, -0.1) is 6.42 Å². The molecule has 70 valence electrons. The first-order valence-corrected chi connectivity index (χ1v) is 4.52. The van der Waals surface area contributed by atoms with Crippen LogP contribution in [0.5, 0.6) is 0 Å². The van der Waals surface area contributed by atoms with Gasteiger partial charge in [0.2, 0.25) is 0 Å². The normalized spacial score (nSPS) is 12.3. The van der Waals surface area contributed by atoms with Gasteiger partial charge in [0.15, 0.2) is 0 Å². The Labute approximate surface area is 79.2 Å². The summed E-state index contributed by atoms with van der Waals surface area (Å²) in [5.74, 6) is 2.70. The largest absolute Gasteiger partial charge is 0.336 e. The molecule has 1 aromatic rings. The fourth-order valence-electron chi connectivity index (χ4n) is 1.11. The molecular formula is C10H15N3. The van der Waals surface area contributed by atoms with Gasteiger partial charge in [-0.3, -0.25) is 0 Å². The van der Waals surface area contributed by atoms with Crippen molar-refractivity contribution in [1.82, 2.24) is 14.9 Å². The molecule has 1 atom stereocenters. The Kier molecular flexibility index (Phi) is 4.07. The zero-order valence-corrected chi connectivity index (χ0v) is 7.90. The third-order valence-electron chi connectivity index (χ3n) is 1.93. The number of rotatable bonds is 5.